The molecule has 0 bridgehead atoms. The number of rotatable bonds is 5. The van der Waals surface area contributed by atoms with Crippen LogP contribution >= 0.6 is 0 Å². The van der Waals surface area contributed by atoms with Gasteiger partial charge in [0.2, 0.25) is 5.91 Å². The number of unbranched alkanes of at least 4 members (excludes halogenated alkanes) is 1. The summed E-state index contributed by atoms with van der Waals surface area (Å²) in [7, 11) is 0. The van der Waals surface area contributed by atoms with E-state index in [1.807, 2.05) is 17.4 Å². The van der Waals surface area contributed by atoms with Gasteiger partial charge in [0.1, 0.15) is 6.61 Å². The molecule has 5 heteroatoms. The fourth-order valence-electron chi connectivity index (χ4n) is 2.10. The van der Waals surface area contributed by atoms with Gasteiger partial charge in [-0.25, -0.2) is 4.98 Å². The van der Waals surface area contributed by atoms with Crippen LogP contribution in [-0.2, 0) is 22.6 Å². The zero-order chi connectivity index (χ0) is 12.8. The number of aryl methyl sites for hydroxylation is 1. The predicted molar refractivity (Wildman–Crippen MR) is 68.0 cm³/mol. The van der Waals surface area contributed by atoms with Gasteiger partial charge in [-0.1, -0.05) is 13.3 Å². The molecule has 5 nitrogen and oxygen atoms in total. The topological polar surface area (TPSA) is 47.4 Å². The molecule has 2 rings (SSSR count). The molecule has 1 aromatic rings. The monoisotopic (exact) mass is 251 g/mol. The summed E-state index contributed by atoms with van der Waals surface area (Å²) in [6, 6.07) is 0. The standard InChI is InChI=1S/C13H21N3O2/c1-2-3-7-18-10-13(17)15-5-4-6-16-11-14-8-12(16)9-15/h8,11H,2-7,9-10H2,1H3. The lowest BCUT2D eigenvalue weighted by Gasteiger charge is -2.19. The van der Waals surface area contributed by atoms with Crippen molar-refractivity contribution >= 4 is 5.91 Å². The van der Waals surface area contributed by atoms with Gasteiger partial charge >= 0.3 is 0 Å². The lowest BCUT2D eigenvalue weighted by molar-refractivity contribution is -0.136. The van der Waals surface area contributed by atoms with Crippen molar-refractivity contribution in [3.63, 3.8) is 0 Å². The summed E-state index contributed by atoms with van der Waals surface area (Å²) < 4.78 is 7.50. The maximum atomic E-state index is 12.0. The first-order valence-corrected chi connectivity index (χ1v) is 6.65. The first-order chi connectivity index (χ1) is 8.81. The lowest BCUT2D eigenvalue weighted by Crippen LogP contribution is -2.33. The summed E-state index contributed by atoms with van der Waals surface area (Å²) in [6.45, 7) is 5.38. The summed E-state index contributed by atoms with van der Waals surface area (Å²) in [5, 5.41) is 0. The number of imidazole rings is 1. The molecule has 0 unspecified atom stereocenters. The molecule has 0 aromatic carbocycles. The van der Waals surface area contributed by atoms with Gasteiger partial charge in [0.25, 0.3) is 0 Å². The van der Waals surface area contributed by atoms with E-state index in [1.54, 1.807) is 0 Å². The van der Waals surface area contributed by atoms with Gasteiger partial charge in [-0.15, -0.1) is 0 Å². The molecule has 1 aliphatic rings. The molecule has 0 spiro atoms. The van der Waals surface area contributed by atoms with Crippen LogP contribution in [0.5, 0.6) is 0 Å². The van der Waals surface area contributed by atoms with Gasteiger partial charge in [0.15, 0.2) is 0 Å². The van der Waals surface area contributed by atoms with Crippen molar-refractivity contribution in [2.75, 3.05) is 19.8 Å². The molecule has 0 saturated heterocycles. The van der Waals surface area contributed by atoms with E-state index in [2.05, 4.69) is 16.5 Å². The van der Waals surface area contributed by atoms with Crippen molar-refractivity contribution in [1.82, 2.24) is 14.5 Å². The molecular formula is C13H21N3O2. The van der Waals surface area contributed by atoms with Crippen LogP contribution in [0.1, 0.15) is 31.9 Å². The van der Waals surface area contributed by atoms with Crippen molar-refractivity contribution in [3.8, 4) is 0 Å². The molecule has 18 heavy (non-hydrogen) atoms. The Balaban J connectivity index is 1.83. The number of aromatic nitrogens is 2. The number of ether oxygens (including phenoxy) is 1. The van der Waals surface area contributed by atoms with Crippen LogP contribution in [0.4, 0.5) is 0 Å². The minimum Gasteiger partial charge on any atom is -0.372 e. The van der Waals surface area contributed by atoms with Crippen molar-refractivity contribution in [1.29, 1.82) is 0 Å². The Morgan fingerprint density at radius 3 is 3.22 bits per heavy atom. The highest BCUT2D eigenvalue weighted by Gasteiger charge is 2.18. The van der Waals surface area contributed by atoms with Crippen LogP contribution in [0.25, 0.3) is 0 Å². The van der Waals surface area contributed by atoms with Gasteiger partial charge < -0.3 is 14.2 Å². The van der Waals surface area contributed by atoms with Crippen LogP contribution in [-0.4, -0.2) is 40.1 Å². The third-order valence-electron chi connectivity index (χ3n) is 3.20. The molecule has 1 amide bonds. The van der Waals surface area contributed by atoms with E-state index < -0.39 is 0 Å². The Kier molecular flexibility index (Phi) is 4.75. The largest absolute Gasteiger partial charge is 0.372 e. The van der Waals surface area contributed by atoms with Crippen LogP contribution in [0.3, 0.4) is 0 Å². The number of fused-ring (bicyclic) bond motifs is 1. The zero-order valence-electron chi connectivity index (χ0n) is 11.0. The van der Waals surface area contributed by atoms with Gasteiger partial charge in [0.05, 0.1) is 18.6 Å². The molecule has 1 aromatic heterocycles. The summed E-state index contributed by atoms with van der Waals surface area (Å²) in [6.07, 6.45) is 6.76. The maximum absolute atomic E-state index is 12.0. The average Bonchev–Trinajstić information content (AvgIpc) is 2.71. The van der Waals surface area contributed by atoms with Gasteiger partial charge in [-0.2, -0.15) is 0 Å². The van der Waals surface area contributed by atoms with Crippen LogP contribution in [0.2, 0.25) is 0 Å². The number of amides is 1. The number of carbonyl (C=O) groups is 1. The summed E-state index contributed by atoms with van der Waals surface area (Å²) >= 11 is 0. The van der Waals surface area contributed by atoms with Crippen LogP contribution < -0.4 is 0 Å². The number of hydrogen-bond acceptors (Lipinski definition) is 3. The van der Waals surface area contributed by atoms with Gasteiger partial charge in [-0.05, 0) is 12.8 Å². The van der Waals surface area contributed by atoms with Gasteiger partial charge in [-0.3, -0.25) is 4.79 Å². The first kappa shape index (κ1) is 13.1. The van der Waals surface area contributed by atoms with E-state index in [1.165, 1.54) is 0 Å². The zero-order valence-corrected chi connectivity index (χ0v) is 11.0. The second-order valence-corrected chi connectivity index (χ2v) is 4.65. The van der Waals surface area contributed by atoms with Crippen LogP contribution in [0, 0.1) is 0 Å². The Bertz CT molecular complexity index is 389. The second kappa shape index (κ2) is 6.54. The summed E-state index contributed by atoms with van der Waals surface area (Å²) in [4.78, 5) is 18.0. The summed E-state index contributed by atoms with van der Waals surface area (Å²) in [5.74, 6) is 0.0840. The normalized spacial score (nSPS) is 15.3. The SMILES string of the molecule is CCCCOCC(=O)N1CCCn2cncc2C1. The average molecular weight is 251 g/mol. The van der Waals surface area contributed by atoms with Gasteiger partial charge in [0, 0.05) is 25.9 Å². The second-order valence-electron chi connectivity index (χ2n) is 4.65. The fraction of sp³-hybridized carbons (Fsp3) is 0.692. The van der Waals surface area contributed by atoms with E-state index in [4.69, 9.17) is 4.74 Å². The van der Waals surface area contributed by atoms with E-state index in [0.717, 1.165) is 38.0 Å². The molecule has 0 aliphatic carbocycles. The summed E-state index contributed by atoms with van der Waals surface area (Å²) in [5.41, 5.74) is 1.11. The van der Waals surface area contributed by atoms with Crippen LogP contribution in [0.15, 0.2) is 12.5 Å². The molecule has 1 aliphatic heterocycles. The Morgan fingerprint density at radius 1 is 1.50 bits per heavy atom. The highest BCUT2D eigenvalue weighted by atomic mass is 16.5. The Labute approximate surface area is 108 Å². The molecule has 0 atom stereocenters. The predicted octanol–water partition coefficient (Wildman–Crippen LogP) is 1.43. The third-order valence-corrected chi connectivity index (χ3v) is 3.20. The molecular weight excluding hydrogens is 230 g/mol. The third kappa shape index (κ3) is 3.32. The lowest BCUT2D eigenvalue weighted by atomic mass is 10.3. The quantitative estimate of drug-likeness (QED) is 0.744. The maximum Gasteiger partial charge on any atom is 0.248 e. The molecule has 0 saturated carbocycles. The minimum absolute atomic E-state index is 0.0840. The number of nitrogens with zero attached hydrogens (tertiary/aromatic N) is 3. The highest BCUT2D eigenvalue weighted by molar-refractivity contribution is 5.77. The van der Waals surface area contributed by atoms with Crippen molar-refractivity contribution in [3.05, 3.63) is 18.2 Å². The molecule has 0 radical (unpaired) electrons. The molecule has 0 fully saturated rings. The number of carbonyl (C=O) groups excluding carboxylic acids is 1. The van der Waals surface area contributed by atoms with E-state index in [0.29, 0.717) is 13.2 Å². The smallest absolute Gasteiger partial charge is 0.248 e. The van der Waals surface area contributed by atoms with Crippen molar-refractivity contribution < 1.29 is 9.53 Å². The van der Waals surface area contributed by atoms with Crippen molar-refractivity contribution in [2.45, 2.75) is 39.3 Å². The van der Waals surface area contributed by atoms with E-state index in [-0.39, 0.29) is 12.5 Å². The molecule has 2 heterocycles. The van der Waals surface area contributed by atoms with E-state index >= 15 is 0 Å². The minimum atomic E-state index is 0.0840. The highest BCUT2D eigenvalue weighted by Crippen LogP contribution is 2.11. The molecule has 0 N–H and O–H groups in total. The Morgan fingerprint density at radius 2 is 2.39 bits per heavy atom. The first-order valence-electron chi connectivity index (χ1n) is 6.65. The fourth-order valence-corrected chi connectivity index (χ4v) is 2.10. The van der Waals surface area contributed by atoms with Crippen molar-refractivity contribution in [2.24, 2.45) is 0 Å². The number of hydrogen-bond donors (Lipinski definition) is 0. The molecule has 100 valence electrons. The van der Waals surface area contributed by atoms with E-state index in [9.17, 15) is 4.79 Å². The Hall–Kier alpha value is -1.36.